The Morgan fingerprint density at radius 2 is 2.30 bits per heavy atom. The van der Waals surface area contributed by atoms with Gasteiger partial charge in [0.25, 0.3) is 0 Å². The molecule has 1 aliphatic rings. The second kappa shape index (κ2) is 9.75. The lowest BCUT2D eigenvalue weighted by Gasteiger charge is -2.36. The van der Waals surface area contributed by atoms with Gasteiger partial charge in [-0.2, -0.15) is 0 Å². The molecule has 0 saturated carbocycles. The molecule has 23 heavy (non-hydrogen) atoms. The summed E-state index contributed by atoms with van der Waals surface area (Å²) in [4.78, 5) is 14.3. The molecule has 1 aromatic rings. The zero-order valence-corrected chi connectivity index (χ0v) is 14.6. The molecular formula is C18H26N2O2S. The van der Waals surface area contributed by atoms with E-state index in [0.717, 1.165) is 25.4 Å². The summed E-state index contributed by atoms with van der Waals surface area (Å²) in [6, 6.07) is 10.5. The second-order valence-corrected chi connectivity index (χ2v) is 6.82. The summed E-state index contributed by atoms with van der Waals surface area (Å²) in [7, 11) is 0. The van der Waals surface area contributed by atoms with Gasteiger partial charge in [-0.05, 0) is 12.5 Å². The lowest BCUT2D eigenvalue weighted by Crippen LogP contribution is -2.52. The number of benzene rings is 1. The summed E-state index contributed by atoms with van der Waals surface area (Å²) in [5.74, 6) is 1.33. The minimum Gasteiger partial charge on any atom is -0.373 e. The fourth-order valence-corrected chi connectivity index (χ4v) is 3.20. The quantitative estimate of drug-likeness (QED) is 0.585. The number of ether oxygens (including phenoxy) is 1. The first-order valence-corrected chi connectivity index (χ1v) is 9.20. The number of rotatable bonds is 8. The van der Waals surface area contributed by atoms with Gasteiger partial charge in [-0.25, -0.2) is 0 Å². The Kier molecular flexibility index (Phi) is 7.65. The van der Waals surface area contributed by atoms with Gasteiger partial charge in [0.05, 0.1) is 24.5 Å². The van der Waals surface area contributed by atoms with Crippen LogP contribution in [0.2, 0.25) is 0 Å². The van der Waals surface area contributed by atoms with Crippen LogP contribution in [0.1, 0.15) is 12.5 Å². The highest BCUT2D eigenvalue weighted by Crippen LogP contribution is 2.13. The molecule has 0 radical (unpaired) electrons. The third-order valence-corrected chi connectivity index (χ3v) is 4.78. The van der Waals surface area contributed by atoms with Gasteiger partial charge in [0.2, 0.25) is 5.91 Å². The van der Waals surface area contributed by atoms with E-state index >= 15 is 0 Å². The van der Waals surface area contributed by atoms with Crippen molar-refractivity contribution >= 4 is 17.7 Å². The van der Waals surface area contributed by atoms with E-state index in [1.807, 2.05) is 19.1 Å². The van der Waals surface area contributed by atoms with Crippen LogP contribution in [0.3, 0.4) is 0 Å². The monoisotopic (exact) mass is 334 g/mol. The van der Waals surface area contributed by atoms with Crippen molar-refractivity contribution in [1.29, 1.82) is 0 Å². The molecule has 0 bridgehead atoms. The van der Waals surface area contributed by atoms with E-state index < -0.39 is 0 Å². The Balaban J connectivity index is 1.78. The van der Waals surface area contributed by atoms with Crippen LogP contribution in [0.5, 0.6) is 0 Å². The van der Waals surface area contributed by atoms with Crippen LogP contribution < -0.4 is 5.32 Å². The van der Waals surface area contributed by atoms with Crippen molar-refractivity contribution in [1.82, 2.24) is 10.2 Å². The molecule has 1 aromatic carbocycles. The molecule has 1 heterocycles. The maximum Gasteiger partial charge on any atom is 0.230 e. The topological polar surface area (TPSA) is 41.6 Å². The molecule has 126 valence electrons. The fraction of sp³-hybridized carbons (Fsp3) is 0.500. The lowest BCUT2D eigenvalue weighted by atomic mass is 10.1. The highest BCUT2D eigenvalue weighted by Gasteiger charge is 2.26. The molecule has 2 atom stereocenters. The van der Waals surface area contributed by atoms with Crippen LogP contribution in [0, 0.1) is 0 Å². The Bertz CT molecular complexity index is 495. The third-order valence-electron chi connectivity index (χ3n) is 3.84. The number of nitrogens with zero attached hydrogens (tertiary/aromatic N) is 1. The Morgan fingerprint density at radius 1 is 1.52 bits per heavy atom. The second-order valence-electron chi connectivity index (χ2n) is 5.79. The fourth-order valence-electron chi connectivity index (χ4n) is 2.64. The van der Waals surface area contributed by atoms with E-state index in [9.17, 15) is 4.79 Å². The molecule has 1 aliphatic heterocycles. The number of morpholine rings is 1. The van der Waals surface area contributed by atoms with E-state index in [4.69, 9.17) is 4.74 Å². The van der Waals surface area contributed by atoms with Gasteiger partial charge < -0.3 is 10.1 Å². The van der Waals surface area contributed by atoms with Crippen molar-refractivity contribution in [3.63, 3.8) is 0 Å². The van der Waals surface area contributed by atoms with Gasteiger partial charge >= 0.3 is 0 Å². The average Bonchev–Trinajstić information content (AvgIpc) is 2.56. The molecule has 1 saturated heterocycles. The van der Waals surface area contributed by atoms with Crippen molar-refractivity contribution in [2.45, 2.75) is 25.6 Å². The van der Waals surface area contributed by atoms with Gasteiger partial charge in [-0.15, -0.1) is 18.3 Å². The standard InChI is InChI=1S/C18H26N2O2S/c1-3-11-23-14-18(21)19-15(2)17-13-20(9-10-22-17)12-16-7-5-4-6-8-16/h3-8,15,17H,1,9-14H2,2H3,(H,19,21). The van der Waals surface area contributed by atoms with Gasteiger partial charge in [0.15, 0.2) is 0 Å². The van der Waals surface area contributed by atoms with Crippen LogP contribution >= 0.6 is 11.8 Å². The van der Waals surface area contributed by atoms with E-state index in [-0.39, 0.29) is 18.1 Å². The number of carbonyl (C=O) groups excluding carboxylic acids is 1. The Morgan fingerprint density at radius 3 is 3.04 bits per heavy atom. The van der Waals surface area contributed by atoms with Crippen LogP contribution in [-0.4, -0.2) is 54.2 Å². The molecule has 2 unspecified atom stereocenters. The summed E-state index contributed by atoms with van der Waals surface area (Å²) in [5.41, 5.74) is 1.31. The lowest BCUT2D eigenvalue weighted by molar-refractivity contribution is -0.121. The maximum absolute atomic E-state index is 11.9. The minimum atomic E-state index is 0.0189. The van der Waals surface area contributed by atoms with Crippen molar-refractivity contribution < 1.29 is 9.53 Å². The van der Waals surface area contributed by atoms with Gasteiger partial charge in [-0.3, -0.25) is 9.69 Å². The molecule has 1 fully saturated rings. The summed E-state index contributed by atoms with van der Waals surface area (Å²) >= 11 is 1.57. The number of nitrogens with one attached hydrogen (secondary N) is 1. The summed E-state index contributed by atoms with van der Waals surface area (Å²) < 4.78 is 5.85. The van der Waals surface area contributed by atoms with Crippen molar-refractivity contribution in [2.75, 3.05) is 31.2 Å². The van der Waals surface area contributed by atoms with E-state index in [1.165, 1.54) is 5.56 Å². The minimum absolute atomic E-state index is 0.0189. The predicted octanol–water partition coefficient (Wildman–Crippen LogP) is 2.31. The third kappa shape index (κ3) is 6.37. The number of hydrogen-bond acceptors (Lipinski definition) is 4. The molecule has 0 spiro atoms. The first-order chi connectivity index (χ1) is 11.2. The van der Waals surface area contributed by atoms with E-state index in [0.29, 0.717) is 12.4 Å². The smallest absolute Gasteiger partial charge is 0.230 e. The maximum atomic E-state index is 11.9. The number of amides is 1. The van der Waals surface area contributed by atoms with Gasteiger partial charge in [-0.1, -0.05) is 36.4 Å². The normalized spacial score (nSPS) is 20.0. The van der Waals surface area contributed by atoms with Crippen molar-refractivity contribution in [2.24, 2.45) is 0 Å². The van der Waals surface area contributed by atoms with E-state index in [2.05, 4.69) is 41.1 Å². The molecule has 5 heteroatoms. The number of carbonyl (C=O) groups is 1. The van der Waals surface area contributed by atoms with Crippen molar-refractivity contribution in [3.8, 4) is 0 Å². The molecular weight excluding hydrogens is 308 g/mol. The molecule has 4 nitrogen and oxygen atoms in total. The molecule has 2 rings (SSSR count). The molecule has 1 N–H and O–H groups in total. The van der Waals surface area contributed by atoms with Gasteiger partial charge in [0.1, 0.15) is 0 Å². The Hall–Kier alpha value is -1.30. The first kappa shape index (κ1) is 18.0. The van der Waals surface area contributed by atoms with Crippen LogP contribution in [0.15, 0.2) is 43.0 Å². The summed E-state index contributed by atoms with van der Waals surface area (Å²) in [6.07, 6.45) is 1.86. The zero-order chi connectivity index (χ0) is 16.5. The van der Waals surface area contributed by atoms with Crippen LogP contribution in [0.25, 0.3) is 0 Å². The van der Waals surface area contributed by atoms with E-state index in [1.54, 1.807) is 11.8 Å². The molecule has 0 aromatic heterocycles. The number of hydrogen-bond donors (Lipinski definition) is 1. The summed E-state index contributed by atoms with van der Waals surface area (Å²) in [5, 5.41) is 3.05. The first-order valence-electron chi connectivity index (χ1n) is 8.05. The largest absolute Gasteiger partial charge is 0.373 e. The highest BCUT2D eigenvalue weighted by atomic mass is 32.2. The SMILES string of the molecule is C=CCSCC(=O)NC(C)C1CN(Cc2ccccc2)CCO1. The molecule has 0 aliphatic carbocycles. The zero-order valence-electron chi connectivity index (χ0n) is 13.7. The van der Waals surface area contributed by atoms with Crippen molar-refractivity contribution in [3.05, 3.63) is 48.6 Å². The summed E-state index contributed by atoms with van der Waals surface area (Å²) in [6.45, 7) is 9.09. The van der Waals surface area contributed by atoms with Crippen LogP contribution in [0.4, 0.5) is 0 Å². The van der Waals surface area contributed by atoms with Crippen LogP contribution in [-0.2, 0) is 16.1 Å². The van der Waals surface area contributed by atoms with Gasteiger partial charge in [0, 0.05) is 25.4 Å². The highest BCUT2D eigenvalue weighted by molar-refractivity contribution is 8.00. The Labute approximate surface area is 143 Å². The average molecular weight is 334 g/mol. The molecule has 1 amide bonds. The predicted molar refractivity (Wildman–Crippen MR) is 96.6 cm³/mol. The number of thioether (sulfide) groups is 1.